The second kappa shape index (κ2) is 5.25. The fourth-order valence-electron chi connectivity index (χ4n) is 1.31. The van der Waals surface area contributed by atoms with Gasteiger partial charge in [-0.05, 0) is 17.1 Å². The van der Waals surface area contributed by atoms with Gasteiger partial charge in [0.2, 0.25) is 0 Å². The van der Waals surface area contributed by atoms with Crippen LogP contribution in [-0.2, 0) is 0 Å². The summed E-state index contributed by atoms with van der Waals surface area (Å²) < 4.78 is 0. The average Bonchev–Trinajstić information content (AvgIpc) is 1.76. The van der Waals surface area contributed by atoms with Crippen molar-refractivity contribution in [3.05, 3.63) is 0 Å². The van der Waals surface area contributed by atoms with Crippen LogP contribution in [0, 0.1) is 0 Å². The van der Waals surface area contributed by atoms with Gasteiger partial charge in [-0.2, -0.15) is 0 Å². The number of hydrogen-bond donors (Lipinski definition) is 0. The molecule has 0 aromatic carbocycles. The van der Waals surface area contributed by atoms with Crippen molar-refractivity contribution in [1.82, 2.24) is 0 Å². The van der Waals surface area contributed by atoms with E-state index in [9.17, 15) is 0 Å². The van der Waals surface area contributed by atoms with Crippen molar-refractivity contribution < 1.29 is 0 Å². The lowest BCUT2D eigenvalue weighted by Gasteiger charge is -2.17. The predicted octanol–water partition coefficient (Wildman–Crippen LogP) is -0.924. The highest BCUT2D eigenvalue weighted by Gasteiger charge is 2.16. The average molecular weight is 267 g/mol. The van der Waals surface area contributed by atoms with Crippen molar-refractivity contribution in [3.63, 3.8) is 0 Å². The summed E-state index contributed by atoms with van der Waals surface area (Å²) >= 11 is 0. The summed E-state index contributed by atoms with van der Waals surface area (Å²) in [6, 6.07) is 0. The molecule has 0 atom stereocenters. The molecule has 0 fully saturated rings. The molecule has 0 heterocycles. The van der Waals surface area contributed by atoms with Crippen LogP contribution in [0.25, 0.3) is 0 Å². The zero-order chi connectivity index (χ0) is 9.83. The smallest absolute Gasteiger partial charge is 0.0276 e. The van der Waals surface area contributed by atoms with Gasteiger partial charge in [0.25, 0.3) is 0 Å². The van der Waals surface area contributed by atoms with E-state index in [0.29, 0.717) is 34.2 Å². The molecule has 0 spiro atoms. The van der Waals surface area contributed by atoms with Gasteiger partial charge in [0, 0.05) is 32.3 Å². The maximum absolute atomic E-state index is 2.61. The van der Waals surface area contributed by atoms with E-state index >= 15 is 0 Å². The number of hydrogen-bond acceptors (Lipinski definition) is 0. The summed E-state index contributed by atoms with van der Waals surface area (Å²) in [6.07, 6.45) is 0. The fraction of sp³-hybridized carbons (Fsp3) is 1.00. The Kier molecular flexibility index (Phi) is 5.82. The van der Waals surface area contributed by atoms with E-state index in [1.165, 1.54) is 0 Å². The van der Waals surface area contributed by atoms with Gasteiger partial charge in [-0.25, -0.2) is 0 Å². The summed E-state index contributed by atoms with van der Waals surface area (Å²) in [5.74, 6) is 0. The van der Waals surface area contributed by atoms with Crippen LogP contribution in [0.1, 0.15) is 0 Å². The molecule has 0 saturated carbocycles. The van der Waals surface area contributed by atoms with Gasteiger partial charge < -0.3 is 0 Å². The zero-order valence-corrected chi connectivity index (χ0v) is 17.5. The molecule has 0 radical (unpaired) electrons. The molecular formula is C6H26Si6. The van der Waals surface area contributed by atoms with E-state index in [4.69, 9.17) is 0 Å². The second-order valence-electron chi connectivity index (χ2n) is 6.33. The van der Waals surface area contributed by atoms with Crippen LogP contribution in [0.2, 0.25) is 39.3 Å². The number of rotatable bonds is 5. The van der Waals surface area contributed by atoms with Crippen molar-refractivity contribution in [3.8, 4) is 0 Å². The first kappa shape index (κ1) is 13.3. The normalized spacial score (nSPS) is 17.5. The molecule has 0 unspecified atom stereocenters. The Bertz CT molecular complexity index is 105. The zero-order valence-electron chi connectivity index (χ0n) is 9.83. The first-order chi connectivity index (χ1) is 5.21. The summed E-state index contributed by atoms with van der Waals surface area (Å²) in [5.41, 5.74) is 0. The first-order valence-electron chi connectivity index (χ1n) is 5.21. The topological polar surface area (TPSA) is 0 Å². The Hall–Kier alpha value is 1.30. The van der Waals surface area contributed by atoms with Gasteiger partial charge in [0.15, 0.2) is 0 Å². The third-order valence-electron chi connectivity index (χ3n) is 2.10. The van der Waals surface area contributed by atoms with Crippen LogP contribution in [-0.4, -0.2) is 49.4 Å². The van der Waals surface area contributed by atoms with Crippen LogP contribution in [0.4, 0.5) is 0 Å². The van der Waals surface area contributed by atoms with Crippen molar-refractivity contribution in [1.29, 1.82) is 0 Å². The maximum Gasteiger partial charge on any atom is 0.0276 e. The van der Waals surface area contributed by atoms with Gasteiger partial charge in [-0.1, -0.05) is 39.3 Å². The molecule has 0 nitrogen and oxygen atoms in total. The van der Waals surface area contributed by atoms with Gasteiger partial charge in [-0.3, -0.25) is 0 Å². The minimum Gasteiger partial charge on any atom is -0.0722 e. The Labute approximate surface area is 88.6 Å². The van der Waals surface area contributed by atoms with E-state index in [-0.39, 0.29) is 0 Å². The molecule has 0 aliphatic carbocycles. The maximum atomic E-state index is 2.61. The molecule has 0 saturated heterocycles. The largest absolute Gasteiger partial charge is 0.0722 e. The van der Waals surface area contributed by atoms with Crippen LogP contribution in [0.5, 0.6) is 0 Å². The predicted molar refractivity (Wildman–Crippen MR) is 80.9 cm³/mol. The van der Waals surface area contributed by atoms with Gasteiger partial charge in [-0.15, -0.1) is 0 Å². The van der Waals surface area contributed by atoms with Crippen molar-refractivity contribution >= 4 is 49.4 Å². The second-order valence-corrected chi connectivity index (χ2v) is 60.7. The summed E-state index contributed by atoms with van der Waals surface area (Å²) in [7, 11) is 1.52. The van der Waals surface area contributed by atoms with E-state index in [1.54, 1.807) is 0 Å². The molecule has 0 aromatic rings. The Balaban J connectivity index is 3.35. The van der Waals surface area contributed by atoms with Crippen molar-refractivity contribution in [2.45, 2.75) is 39.3 Å². The van der Waals surface area contributed by atoms with E-state index in [2.05, 4.69) is 39.3 Å². The molecule has 0 bridgehead atoms. The van der Waals surface area contributed by atoms with Gasteiger partial charge >= 0.3 is 0 Å². The van der Waals surface area contributed by atoms with Crippen molar-refractivity contribution in [2.75, 3.05) is 0 Å². The molecule has 12 heavy (non-hydrogen) atoms. The third kappa shape index (κ3) is 11.3. The molecule has 0 N–H and O–H groups in total. The van der Waals surface area contributed by atoms with E-state index in [0.717, 1.165) is 0 Å². The quantitative estimate of drug-likeness (QED) is 0.446. The standard InChI is InChI=1S/C6H26Si6/c1-11(2,3)9-7-8-10-12(4,5)6/h7-10H2,1-6H3. The molecule has 0 aromatic heterocycles. The van der Waals surface area contributed by atoms with Crippen LogP contribution >= 0.6 is 0 Å². The third-order valence-corrected chi connectivity index (χ3v) is 89.4. The SMILES string of the molecule is C[Si](C)(C)[SiH2][SiH2][SiH2][SiH2][Si](C)(C)C. The highest BCUT2D eigenvalue weighted by atomic mass is 29.9. The molecule has 74 valence electrons. The van der Waals surface area contributed by atoms with Gasteiger partial charge in [0.05, 0.1) is 0 Å². The lowest BCUT2D eigenvalue weighted by molar-refractivity contribution is 1.86. The van der Waals surface area contributed by atoms with E-state index in [1.807, 2.05) is 0 Å². The van der Waals surface area contributed by atoms with E-state index < -0.39 is 15.2 Å². The van der Waals surface area contributed by atoms with Crippen LogP contribution in [0.3, 0.4) is 0 Å². The molecule has 0 aliphatic heterocycles. The molecule has 0 aliphatic rings. The molecule has 0 amide bonds. The summed E-state index contributed by atoms with van der Waals surface area (Å²) in [6.45, 7) is 15.6. The first-order valence-corrected chi connectivity index (χ1v) is 28.9. The van der Waals surface area contributed by atoms with Gasteiger partial charge in [0.1, 0.15) is 0 Å². The Morgan fingerprint density at radius 3 is 1.00 bits per heavy atom. The Morgan fingerprint density at radius 1 is 0.583 bits per heavy atom. The lowest BCUT2D eigenvalue weighted by Crippen LogP contribution is -2.43. The summed E-state index contributed by atoms with van der Waals surface area (Å²) in [5, 5.41) is 0. The summed E-state index contributed by atoms with van der Waals surface area (Å²) in [4.78, 5) is 0. The minimum atomic E-state index is -0.481. The minimum absolute atomic E-state index is 0.481. The highest BCUT2D eigenvalue weighted by molar-refractivity contribution is 7.65. The molecular weight excluding hydrogens is 241 g/mol. The Morgan fingerprint density at radius 2 is 0.833 bits per heavy atom. The lowest BCUT2D eigenvalue weighted by atomic mass is 11.8. The highest BCUT2D eigenvalue weighted by Crippen LogP contribution is 1.97. The van der Waals surface area contributed by atoms with Crippen LogP contribution < -0.4 is 0 Å². The van der Waals surface area contributed by atoms with Crippen LogP contribution in [0.15, 0.2) is 0 Å². The monoisotopic (exact) mass is 266 g/mol. The van der Waals surface area contributed by atoms with Crippen molar-refractivity contribution in [2.24, 2.45) is 0 Å². The molecule has 6 heteroatoms. The molecule has 0 rings (SSSR count). The fourth-order valence-corrected chi connectivity index (χ4v) is 147.